The van der Waals surface area contributed by atoms with Crippen LogP contribution in [0.15, 0.2) is 24.3 Å². The highest BCUT2D eigenvalue weighted by Gasteiger charge is 2.33. The average Bonchev–Trinajstić information content (AvgIpc) is 3.20. The van der Waals surface area contributed by atoms with Crippen LogP contribution in [0, 0.1) is 0 Å². The van der Waals surface area contributed by atoms with Gasteiger partial charge in [-0.1, -0.05) is 12.1 Å². The first-order chi connectivity index (χ1) is 10.2. The van der Waals surface area contributed by atoms with Gasteiger partial charge < -0.3 is 10.4 Å². The predicted molar refractivity (Wildman–Crippen MR) is 86.6 cm³/mol. The Labute approximate surface area is 128 Å². The van der Waals surface area contributed by atoms with Gasteiger partial charge in [0.2, 0.25) is 0 Å². The molecule has 1 aromatic rings. The third-order valence-electron chi connectivity index (χ3n) is 4.96. The molecule has 3 rings (SSSR count). The van der Waals surface area contributed by atoms with E-state index in [1.807, 2.05) is 12.1 Å². The minimum atomic E-state index is 0.360. The Morgan fingerprint density at radius 1 is 1.24 bits per heavy atom. The van der Waals surface area contributed by atoms with Gasteiger partial charge >= 0.3 is 0 Å². The van der Waals surface area contributed by atoms with E-state index in [1.54, 1.807) is 12.1 Å². The van der Waals surface area contributed by atoms with Crippen molar-refractivity contribution in [3.05, 3.63) is 29.8 Å². The van der Waals surface area contributed by atoms with E-state index in [9.17, 15) is 5.11 Å². The van der Waals surface area contributed by atoms with E-state index in [2.05, 4.69) is 17.1 Å². The molecule has 0 bridgehead atoms. The summed E-state index contributed by atoms with van der Waals surface area (Å²) in [6, 6.07) is 9.87. The molecule has 3 heteroatoms. The van der Waals surface area contributed by atoms with Crippen LogP contribution in [-0.4, -0.2) is 41.2 Å². The lowest BCUT2D eigenvalue weighted by Crippen LogP contribution is -2.43. The first kappa shape index (κ1) is 14.9. The zero-order valence-electron chi connectivity index (χ0n) is 13.1. The number of nitrogens with one attached hydrogen (secondary N) is 1. The Morgan fingerprint density at radius 2 is 2.00 bits per heavy atom. The number of phenolic OH excluding ortho intramolecular Hbond substituents is 1. The van der Waals surface area contributed by atoms with Crippen molar-refractivity contribution in [2.45, 2.75) is 63.6 Å². The van der Waals surface area contributed by atoms with Gasteiger partial charge in [0, 0.05) is 24.7 Å². The largest absolute Gasteiger partial charge is 0.508 e. The van der Waals surface area contributed by atoms with Crippen molar-refractivity contribution >= 4 is 0 Å². The third-order valence-corrected chi connectivity index (χ3v) is 4.96. The Morgan fingerprint density at radius 3 is 2.62 bits per heavy atom. The summed E-state index contributed by atoms with van der Waals surface area (Å²) in [6.45, 7) is 4.81. The van der Waals surface area contributed by atoms with E-state index in [-0.39, 0.29) is 0 Å². The Balaban J connectivity index is 1.51. The summed E-state index contributed by atoms with van der Waals surface area (Å²) in [7, 11) is 0. The van der Waals surface area contributed by atoms with E-state index >= 15 is 0 Å². The van der Waals surface area contributed by atoms with Gasteiger partial charge in [-0.3, -0.25) is 4.90 Å². The highest BCUT2D eigenvalue weighted by Crippen LogP contribution is 2.30. The first-order valence-corrected chi connectivity index (χ1v) is 8.49. The van der Waals surface area contributed by atoms with E-state index < -0.39 is 0 Å². The quantitative estimate of drug-likeness (QED) is 0.810. The van der Waals surface area contributed by atoms with Crippen LogP contribution in [0.3, 0.4) is 0 Å². The normalized spacial score (nSPS) is 23.6. The number of aryl methyl sites for hydroxylation is 1. The Kier molecular flexibility index (Phi) is 4.81. The number of phenols is 1. The molecule has 2 unspecified atom stereocenters. The van der Waals surface area contributed by atoms with Gasteiger partial charge in [-0.15, -0.1) is 0 Å². The highest BCUT2D eigenvalue weighted by molar-refractivity contribution is 5.25. The molecule has 1 aliphatic carbocycles. The number of hydrogen-bond acceptors (Lipinski definition) is 3. The maximum Gasteiger partial charge on any atom is 0.115 e. The molecule has 0 aromatic heterocycles. The number of benzene rings is 1. The van der Waals surface area contributed by atoms with Crippen molar-refractivity contribution in [2.24, 2.45) is 0 Å². The average molecular weight is 288 g/mol. The smallest absolute Gasteiger partial charge is 0.115 e. The summed E-state index contributed by atoms with van der Waals surface area (Å²) in [5, 5.41) is 13.0. The molecular formula is C18H28N2O. The molecule has 2 aliphatic rings. The van der Waals surface area contributed by atoms with Crippen molar-refractivity contribution < 1.29 is 5.11 Å². The minimum absolute atomic E-state index is 0.360. The summed E-state index contributed by atoms with van der Waals surface area (Å²) in [4.78, 5) is 2.74. The van der Waals surface area contributed by atoms with Crippen molar-refractivity contribution in [3.8, 4) is 5.75 Å². The zero-order chi connectivity index (χ0) is 14.7. The van der Waals surface area contributed by atoms with Crippen LogP contribution in [0.1, 0.15) is 44.6 Å². The summed E-state index contributed by atoms with van der Waals surface area (Å²) in [5.74, 6) is 0.360. The number of hydrogen-bond donors (Lipinski definition) is 2. The van der Waals surface area contributed by atoms with E-state index in [4.69, 9.17) is 0 Å². The van der Waals surface area contributed by atoms with Gasteiger partial charge in [0.05, 0.1) is 0 Å². The van der Waals surface area contributed by atoms with E-state index in [0.717, 1.165) is 12.5 Å². The fraction of sp³-hybridized carbons (Fsp3) is 0.667. The van der Waals surface area contributed by atoms with Crippen molar-refractivity contribution in [3.63, 3.8) is 0 Å². The van der Waals surface area contributed by atoms with E-state index in [1.165, 1.54) is 50.8 Å². The van der Waals surface area contributed by atoms with Crippen LogP contribution >= 0.6 is 0 Å². The Hall–Kier alpha value is -1.06. The van der Waals surface area contributed by atoms with Crippen LogP contribution in [0.4, 0.5) is 0 Å². The maximum atomic E-state index is 9.35. The highest BCUT2D eigenvalue weighted by atomic mass is 16.3. The topological polar surface area (TPSA) is 35.5 Å². The molecule has 0 amide bonds. The summed E-state index contributed by atoms with van der Waals surface area (Å²) >= 11 is 0. The van der Waals surface area contributed by atoms with Gasteiger partial charge in [0.25, 0.3) is 0 Å². The molecule has 1 saturated heterocycles. The molecule has 2 N–H and O–H groups in total. The van der Waals surface area contributed by atoms with Gasteiger partial charge in [0.15, 0.2) is 0 Å². The minimum Gasteiger partial charge on any atom is -0.508 e. The molecule has 116 valence electrons. The molecule has 1 aliphatic heterocycles. The van der Waals surface area contributed by atoms with Gasteiger partial charge in [-0.25, -0.2) is 0 Å². The maximum absolute atomic E-state index is 9.35. The van der Waals surface area contributed by atoms with Crippen molar-refractivity contribution in [2.75, 3.05) is 13.1 Å². The number of aromatic hydroxyl groups is 1. The van der Waals surface area contributed by atoms with Crippen molar-refractivity contribution in [1.82, 2.24) is 10.2 Å². The molecule has 0 radical (unpaired) electrons. The predicted octanol–water partition coefficient (Wildman–Crippen LogP) is 2.93. The summed E-state index contributed by atoms with van der Waals surface area (Å²) < 4.78 is 0. The van der Waals surface area contributed by atoms with Gasteiger partial charge in [0.1, 0.15) is 5.75 Å². The van der Waals surface area contributed by atoms with Gasteiger partial charge in [-0.2, -0.15) is 0 Å². The summed E-state index contributed by atoms with van der Waals surface area (Å²) in [6.07, 6.45) is 7.75. The lowest BCUT2D eigenvalue weighted by molar-refractivity contribution is 0.173. The van der Waals surface area contributed by atoms with Crippen LogP contribution in [-0.2, 0) is 6.42 Å². The second kappa shape index (κ2) is 6.80. The number of nitrogens with zero attached hydrogens (tertiary/aromatic N) is 1. The summed E-state index contributed by atoms with van der Waals surface area (Å²) in [5.41, 5.74) is 1.33. The fourth-order valence-electron chi connectivity index (χ4n) is 3.47. The van der Waals surface area contributed by atoms with Crippen LogP contribution in [0.5, 0.6) is 5.75 Å². The molecule has 3 nitrogen and oxygen atoms in total. The second-order valence-corrected chi connectivity index (χ2v) is 6.78. The second-order valence-electron chi connectivity index (χ2n) is 6.78. The van der Waals surface area contributed by atoms with Crippen molar-refractivity contribution in [1.29, 1.82) is 0 Å². The fourth-order valence-corrected chi connectivity index (χ4v) is 3.47. The SMILES string of the molecule is CC(CCc1ccc(O)cc1)N(CC1CCCN1)C1CC1. The first-order valence-electron chi connectivity index (χ1n) is 8.49. The standard InChI is InChI=1S/C18H28N2O/c1-14(4-5-15-6-10-18(21)11-7-15)20(17-8-9-17)13-16-3-2-12-19-16/h6-7,10-11,14,16-17,19,21H,2-5,8-9,12-13H2,1H3. The lowest BCUT2D eigenvalue weighted by Gasteiger charge is -2.31. The molecule has 0 spiro atoms. The van der Waals surface area contributed by atoms with E-state index in [0.29, 0.717) is 17.8 Å². The molecular weight excluding hydrogens is 260 g/mol. The zero-order valence-corrected chi connectivity index (χ0v) is 13.1. The van der Waals surface area contributed by atoms with Crippen LogP contribution < -0.4 is 5.32 Å². The van der Waals surface area contributed by atoms with Gasteiger partial charge in [-0.05, 0) is 69.7 Å². The molecule has 21 heavy (non-hydrogen) atoms. The van der Waals surface area contributed by atoms with Crippen LogP contribution in [0.2, 0.25) is 0 Å². The molecule has 1 saturated carbocycles. The molecule has 1 aromatic carbocycles. The molecule has 2 atom stereocenters. The van der Waals surface area contributed by atoms with Crippen LogP contribution in [0.25, 0.3) is 0 Å². The lowest BCUT2D eigenvalue weighted by atomic mass is 10.0. The molecule has 2 fully saturated rings. The monoisotopic (exact) mass is 288 g/mol. The third kappa shape index (κ3) is 4.21. The molecule has 1 heterocycles. The number of rotatable bonds is 7. The Bertz CT molecular complexity index is 435.